The molecule has 1 aromatic carbocycles. The lowest BCUT2D eigenvalue weighted by Gasteiger charge is -2.26. The standard InChI is InChI=1S/C19H21NO2S/c1-12-6-7-17-13(10-12)11-18(23-17)19(21)20-15-8-9-22-16-5-3-2-4-14(15)16/h2-5,11-12,15H,6-10H2,1H3,(H,20,21)/t12-,15-/m1/s1. The summed E-state index contributed by atoms with van der Waals surface area (Å²) < 4.78 is 5.67. The fourth-order valence-corrected chi connectivity index (χ4v) is 4.65. The van der Waals surface area contributed by atoms with Crippen LogP contribution in [-0.4, -0.2) is 12.5 Å². The van der Waals surface area contributed by atoms with Crippen LogP contribution in [0.4, 0.5) is 0 Å². The molecule has 0 radical (unpaired) electrons. The van der Waals surface area contributed by atoms with Crippen molar-refractivity contribution in [2.45, 2.75) is 38.6 Å². The summed E-state index contributed by atoms with van der Waals surface area (Å²) in [6.45, 7) is 2.94. The summed E-state index contributed by atoms with van der Waals surface area (Å²) in [4.78, 5) is 14.9. The minimum absolute atomic E-state index is 0.0468. The summed E-state index contributed by atoms with van der Waals surface area (Å²) >= 11 is 1.67. The molecule has 2 aromatic rings. The Morgan fingerprint density at radius 3 is 3.09 bits per heavy atom. The number of amides is 1. The van der Waals surface area contributed by atoms with E-state index in [1.165, 1.54) is 16.9 Å². The lowest BCUT2D eigenvalue weighted by atomic mass is 9.90. The first-order valence-electron chi connectivity index (χ1n) is 8.35. The third-order valence-electron chi connectivity index (χ3n) is 4.82. The average molecular weight is 327 g/mol. The molecule has 2 heterocycles. The Hall–Kier alpha value is -1.81. The SMILES string of the molecule is C[C@@H]1CCc2sc(C(=O)N[C@@H]3CCOc4ccccc43)cc2C1. The number of aryl methyl sites for hydroxylation is 1. The molecule has 0 bridgehead atoms. The third-order valence-corrected chi connectivity index (χ3v) is 6.05. The minimum Gasteiger partial charge on any atom is -0.493 e. The molecule has 4 rings (SSSR count). The minimum atomic E-state index is 0.0468. The zero-order valence-electron chi connectivity index (χ0n) is 13.3. The maximum absolute atomic E-state index is 12.7. The van der Waals surface area contributed by atoms with Crippen LogP contribution in [0, 0.1) is 5.92 Å². The van der Waals surface area contributed by atoms with E-state index >= 15 is 0 Å². The van der Waals surface area contributed by atoms with Crippen molar-refractivity contribution >= 4 is 17.2 Å². The van der Waals surface area contributed by atoms with Crippen molar-refractivity contribution in [3.05, 3.63) is 51.2 Å². The summed E-state index contributed by atoms with van der Waals surface area (Å²) in [5.74, 6) is 1.68. The molecule has 120 valence electrons. The molecule has 0 spiro atoms. The van der Waals surface area contributed by atoms with Gasteiger partial charge in [0.25, 0.3) is 5.91 Å². The molecule has 3 nitrogen and oxygen atoms in total. The fraction of sp³-hybridized carbons (Fsp3) is 0.421. The number of para-hydroxylation sites is 1. The van der Waals surface area contributed by atoms with Crippen LogP contribution in [-0.2, 0) is 12.8 Å². The van der Waals surface area contributed by atoms with Gasteiger partial charge in [-0.05, 0) is 42.9 Å². The van der Waals surface area contributed by atoms with Gasteiger partial charge in [0.1, 0.15) is 5.75 Å². The molecule has 1 aliphatic carbocycles. The van der Waals surface area contributed by atoms with E-state index in [9.17, 15) is 4.79 Å². The summed E-state index contributed by atoms with van der Waals surface area (Å²) in [6.07, 6.45) is 4.29. The van der Waals surface area contributed by atoms with E-state index in [-0.39, 0.29) is 11.9 Å². The van der Waals surface area contributed by atoms with Crippen LogP contribution in [0.15, 0.2) is 30.3 Å². The number of hydrogen-bond donors (Lipinski definition) is 1. The number of benzene rings is 1. The quantitative estimate of drug-likeness (QED) is 0.901. The molecule has 1 aliphatic heterocycles. The zero-order valence-corrected chi connectivity index (χ0v) is 14.1. The van der Waals surface area contributed by atoms with E-state index in [0.717, 1.165) is 41.4 Å². The summed E-state index contributed by atoms with van der Waals surface area (Å²) in [6, 6.07) is 10.1. The lowest BCUT2D eigenvalue weighted by molar-refractivity contribution is 0.0929. The Morgan fingerprint density at radius 1 is 1.30 bits per heavy atom. The van der Waals surface area contributed by atoms with Gasteiger partial charge in [0.2, 0.25) is 0 Å². The van der Waals surface area contributed by atoms with Crippen molar-refractivity contribution < 1.29 is 9.53 Å². The monoisotopic (exact) mass is 327 g/mol. The molecule has 4 heteroatoms. The van der Waals surface area contributed by atoms with Gasteiger partial charge in [-0.2, -0.15) is 0 Å². The number of ether oxygens (including phenoxy) is 1. The molecule has 1 aromatic heterocycles. The fourth-order valence-electron chi connectivity index (χ4n) is 3.54. The molecule has 2 aliphatic rings. The van der Waals surface area contributed by atoms with E-state index < -0.39 is 0 Å². The molecule has 0 fully saturated rings. The smallest absolute Gasteiger partial charge is 0.261 e. The Labute approximate surface area is 140 Å². The highest BCUT2D eigenvalue weighted by Gasteiger charge is 2.25. The van der Waals surface area contributed by atoms with E-state index in [1.807, 2.05) is 24.3 Å². The predicted octanol–water partition coefficient (Wildman–Crippen LogP) is 4.13. The van der Waals surface area contributed by atoms with Crippen molar-refractivity contribution in [1.29, 1.82) is 0 Å². The number of fused-ring (bicyclic) bond motifs is 2. The third kappa shape index (κ3) is 2.88. The number of carbonyl (C=O) groups excluding carboxylic acids is 1. The average Bonchev–Trinajstić information content (AvgIpc) is 2.98. The van der Waals surface area contributed by atoms with Crippen LogP contribution in [0.3, 0.4) is 0 Å². The Kier molecular flexibility index (Phi) is 3.85. The second-order valence-electron chi connectivity index (χ2n) is 6.61. The second-order valence-corrected chi connectivity index (χ2v) is 7.74. The van der Waals surface area contributed by atoms with Crippen LogP contribution in [0.25, 0.3) is 0 Å². The number of rotatable bonds is 2. The maximum Gasteiger partial charge on any atom is 0.261 e. The largest absolute Gasteiger partial charge is 0.493 e. The van der Waals surface area contributed by atoms with E-state index in [2.05, 4.69) is 18.3 Å². The van der Waals surface area contributed by atoms with Gasteiger partial charge in [0, 0.05) is 16.9 Å². The molecular formula is C19H21NO2S. The van der Waals surface area contributed by atoms with Crippen LogP contribution >= 0.6 is 11.3 Å². The van der Waals surface area contributed by atoms with Gasteiger partial charge in [-0.15, -0.1) is 11.3 Å². The van der Waals surface area contributed by atoms with Crippen molar-refractivity contribution in [2.24, 2.45) is 5.92 Å². The number of thiophene rings is 1. The topological polar surface area (TPSA) is 38.3 Å². The first kappa shape index (κ1) is 14.8. The highest BCUT2D eigenvalue weighted by molar-refractivity contribution is 7.14. The normalized spacial score (nSPS) is 22.7. The Bertz CT molecular complexity index is 737. The van der Waals surface area contributed by atoms with Crippen LogP contribution in [0.5, 0.6) is 5.75 Å². The molecular weight excluding hydrogens is 306 g/mol. The number of hydrogen-bond acceptors (Lipinski definition) is 3. The first-order chi connectivity index (χ1) is 11.2. The van der Waals surface area contributed by atoms with Gasteiger partial charge >= 0.3 is 0 Å². The van der Waals surface area contributed by atoms with Gasteiger partial charge < -0.3 is 10.1 Å². The molecule has 1 amide bonds. The van der Waals surface area contributed by atoms with Crippen molar-refractivity contribution in [3.63, 3.8) is 0 Å². The number of nitrogens with one attached hydrogen (secondary N) is 1. The molecule has 0 saturated carbocycles. The van der Waals surface area contributed by atoms with Gasteiger partial charge in [-0.3, -0.25) is 4.79 Å². The van der Waals surface area contributed by atoms with E-state index in [0.29, 0.717) is 6.61 Å². The summed E-state index contributed by atoms with van der Waals surface area (Å²) in [5.41, 5.74) is 2.47. The summed E-state index contributed by atoms with van der Waals surface area (Å²) in [7, 11) is 0. The second kappa shape index (κ2) is 6.00. The Morgan fingerprint density at radius 2 is 2.17 bits per heavy atom. The van der Waals surface area contributed by atoms with Crippen LogP contribution < -0.4 is 10.1 Å². The molecule has 2 atom stereocenters. The van der Waals surface area contributed by atoms with Crippen molar-refractivity contribution in [1.82, 2.24) is 5.32 Å². The van der Waals surface area contributed by atoms with Gasteiger partial charge in [0.15, 0.2) is 0 Å². The highest BCUT2D eigenvalue weighted by atomic mass is 32.1. The van der Waals surface area contributed by atoms with Gasteiger partial charge in [-0.1, -0.05) is 25.1 Å². The van der Waals surface area contributed by atoms with Gasteiger partial charge in [-0.25, -0.2) is 0 Å². The van der Waals surface area contributed by atoms with E-state index in [4.69, 9.17) is 4.74 Å². The van der Waals surface area contributed by atoms with Crippen LogP contribution in [0.2, 0.25) is 0 Å². The molecule has 0 unspecified atom stereocenters. The maximum atomic E-state index is 12.7. The Balaban J connectivity index is 1.53. The molecule has 23 heavy (non-hydrogen) atoms. The first-order valence-corrected chi connectivity index (χ1v) is 9.16. The zero-order chi connectivity index (χ0) is 15.8. The van der Waals surface area contributed by atoms with E-state index in [1.54, 1.807) is 11.3 Å². The highest BCUT2D eigenvalue weighted by Crippen LogP contribution is 2.34. The summed E-state index contributed by atoms with van der Waals surface area (Å²) in [5, 5.41) is 3.20. The van der Waals surface area contributed by atoms with Crippen molar-refractivity contribution in [3.8, 4) is 5.75 Å². The lowest BCUT2D eigenvalue weighted by Crippen LogP contribution is -2.31. The van der Waals surface area contributed by atoms with Crippen molar-refractivity contribution in [2.75, 3.05) is 6.61 Å². The van der Waals surface area contributed by atoms with Gasteiger partial charge in [0.05, 0.1) is 17.5 Å². The predicted molar refractivity (Wildman–Crippen MR) is 92.3 cm³/mol. The number of carbonyl (C=O) groups is 1. The molecule has 1 N–H and O–H groups in total. The van der Waals surface area contributed by atoms with Crippen LogP contribution in [0.1, 0.15) is 51.5 Å². The molecule has 0 saturated heterocycles.